The van der Waals surface area contributed by atoms with Gasteiger partial charge < -0.3 is 14.2 Å². The van der Waals surface area contributed by atoms with Gasteiger partial charge in [-0.15, -0.1) is 0 Å². The Bertz CT molecular complexity index is 1280. The maximum atomic E-state index is 14.0. The number of hydrogen-bond donors (Lipinski definition) is 0. The summed E-state index contributed by atoms with van der Waals surface area (Å²) in [5.74, 6) is -0.527. The summed E-state index contributed by atoms with van der Waals surface area (Å²) >= 11 is 0. The van der Waals surface area contributed by atoms with Crippen molar-refractivity contribution in [2.24, 2.45) is 0 Å². The first-order valence-electron chi connectivity index (χ1n) is 9.82. The zero-order chi connectivity index (χ0) is 23.4. The molecule has 0 saturated heterocycles. The summed E-state index contributed by atoms with van der Waals surface area (Å²) in [6.45, 7) is 2.99. The lowest BCUT2D eigenvalue weighted by atomic mass is 10.1. The van der Waals surface area contributed by atoms with E-state index in [1.54, 1.807) is 32.0 Å². The van der Waals surface area contributed by atoms with Gasteiger partial charge in [-0.1, -0.05) is 12.1 Å². The maximum Gasteiger partial charge on any atom is 0.345 e. The molecule has 0 saturated carbocycles. The van der Waals surface area contributed by atoms with Gasteiger partial charge in [-0.25, -0.2) is 14.0 Å². The molecule has 0 amide bonds. The molecule has 0 unspecified atom stereocenters. The normalized spacial score (nSPS) is 10.7. The Morgan fingerprint density at radius 1 is 1.06 bits per heavy atom. The van der Waals surface area contributed by atoms with Crippen LogP contribution in [0.5, 0.6) is 11.5 Å². The molecule has 168 valence electrons. The Kier molecular flexibility index (Phi) is 6.77. The predicted octanol–water partition coefficient (Wildman–Crippen LogP) is 2.69. The van der Waals surface area contributed by atoms with Crippen LogP contribution in [0.2, 0.25) is 0 Å². The molecule has 0 radical (unpaired) electrons. The molecule has 9 heteroatoms. The van der Waals surface area contributed by atoms with Crippen LogP contribution in [0.4, 0.5) is 4.39 Å². The van der Waals surface area contributed by atoms with Crippen molar-refractivity contribution in [3.8, 4) is 17.2 Å². The van der Waals surface area contributed by atoms with Crippen molar-refractivity contribution in [3.63, 3.8) is 0 Å². The number of aromatic nitrogens is 2. The van der Waals surface area contributed by atoms with E-state index in [2.05, 4.69) is 0 Å². The van der Waals surface area contributed by atoms with Crippen molar-refractivity contribution >= 4 is 5.97 Å². The number of methoxy groups -OCH3 is 2. The number of ether oxygens (including phenoxy) is 3. The van der Waals surface area contributed by atoms with Crippen molar-refractivity contribution in [2.75, 3.05) is 20.8 Å². The molecule has 1 aromatic heterocycles. The van der Waals surface area contributed by atoms with Crippen LogP contribution < -0.4 is 20.7 Å². The van der Waals surface area contributed by atoms with Crippen LogP contribution in [0.1, 0.15) is 28.4 Å². The van der Waals surface area contributed by atoms with Crippen LogP contribution >= 0.6 is 0 Å². The predicted molar refractivity (Wildman–Crippen MR) is 116 cm³/mol. The second-order valence-corrected chi connectivity index (χ2v) is 6.87. The Hall–Kier alpha value is -3.88. The number of carbonyl (C=O) groups excluding carboxylic acids is 1. The Balaban J connectivity index is 2.26. The van der Waals surface area contributed by atoms with E-state index < -0.39 is 23.0 Å². The second-order valence-electron chi connectivity index (χ2n) is 6.87. The number of esters is 1. The molecule has 0 fully saturated rings. The molecular formula is C23H23FN2O6. The van der Waals surface area contributed by atoms with Crippen molar-refractivity contribution in [2.45, 2.75) is 20.4 Å². The molecule has 0 spiro atoms. The highest BCUT2D eigenvalue weighted by Crippen LogP contribution is 2.28. The Morgan fingerprint density at radius 3 is 2.44 bits per heavy atom. The van der Waals surface area contributed by atoms with Crippen molar-refractivity contribution in [1.82, 2.24) is 9.13 Å². The van der Waals surface area contributed by atoms with Crippen LogP contribution in [-0.2, 0) is 11.3 Å². The van der Waals surface area contributed by atoms with E-state index in [1.165, 1.54) is 32.4 Å². The van der Waals surface area contributed by atoms with Gasteiger partial charge in [-0.3, -0.25) is 13.9 Å². The summed E-state index contributed by atoms with van der Waals surface area (Å²) in [4.78, 5) is 38.8. The van der Waals surface area contributed by atoms with Crippen molar-refractivity contribution < 1.29 is 23.4 Å². The Labute approximate surface area is 183 Å². The summed E-state index contributed by atoms with van der Waals surface area (Å²) in [6, 6.07) is 9.11. The lowest BCUT2D eigenvalue weighted by molar-refractivity contribution is 0.0522. The number of rotatable bonds is 7. The van der Waals surface area contributed by atoms with E-state index in [0.717, 1.165) is 15.3 Å². The lowest BCUT2D eigenvalue weighted by Crippen LogP contribution is -2.42. The van der Waals surface area contributed by atoms with Crippen molar-refractivity contribution in [3.05, 3.63) is 85.9 Å². The quantitative estimate of drug-likeness (QED) is 0.523. The first kappa shape index (κ1) is 22.8. The van der Waals surface area contributed by atoms with Crippen LogP contribution in [0.15, 0.2) is 52.2 Å². The zero-order valence-electron chi connectivity index (χ0n) is 18.2. The SMILES string of the molecule is CCOC(=O)c1cn(-c2ccc(OC)c(OC)c2)c(=O)n(Cc2cccc(F)c2C)c1=O. The van der Waals surface area contributed by atoms with Gasteiger partial charge in [0.15, 0.2) is 11.5 Å². The minimum Gasteiger partial charge on any atom is -0.493 e. The monoisotopic (exact) mass is 442 g/mol. The molecule has 0 atom stereocenters. The number of nitrogens with zero attached hydrogens (tertiary/aromatic N) is 2. The molecule has 2 aromatic carbocycles. The van der Waals surface area contributed by atoms with Gasteiger partial charge in [0.25, 0.3) is 5.56 Å². The summed E-state index contributed by atoms with van der Waals surface area (Å²) in [6.07, 6.45) is 1.14. The fourth-order valence-electron chi connectivity index (χ4n) is 3.24. The molecule has 32 heavy (non-hydrogen) atoms. The van der Waals surface area contributed by atoms with Gasteiger partial charge in [0.05, 0.1) is 33.1 Å². The van der Waals surface area contributed by atoms with Gasteiger partial charge >= 0.3 is 11.7 Å². The van der Waals surface area contributed by atoms with Crippen molar-refractivity contribution in [1.29, 1.82) is 0 Å². The summed E-state index contributed by atoms with van der Waals surface area (Å²) < 4.78 is 31.5. The number of carbonyl (C=O) groups is 1. The standard InChI is InChI=1S/C23H23FN2O6/c1-5-32-22(28)17-13-25(16-9-10-19(30-3)20(11-16)31-4)23(29)26(21(17)27)12-15-7-6-8-18(24)14(15)2/h6-11,13H,5,12H2,1-4H3. The second kappa shape index (κ2) is 9.51. The average Bonchev–Trinajstić information content (AvgIpc) is 2.79. The molecule has 0 bridgehead atoms. The van der Waals surface area contributed by atoms with E-state index in [1.807, 2.05) is 0 Å². The zero-order valence-corrected chi connectivity index (χ0v) is 18.2. The summed E-state index contributed by atoms with van der Waals surface area (Å²) in [5.41, 5.74) is -0.784. The lowest BCUT2D eigenvalue weighted by Gasteiger charge is -2.15. The molecule has 8 nitrogen and oxygen atoms in total. The molecule has 1 heterocycles. The number of benzene rings is 2. The third-order valence-electron chi connectivity index (χ3n) is 5.02. The first-order chi connectivity index (χ1) is 15.3. The number of hydrogen-bond acceptors (Lipinski definition) is 6. The highest BCUT2D eigenvalue weighted by atomic mass is 19.1. The molecule has 0 N–H and O–H groups in total. The van der Waals surface area contributed by atoms with Gasteiger partial charge in [0, 0.05) is 12.3 Å². The Morgan fingerprint density at radius 2 is 1.78 bits per heavy atom. The molecule has 3 aromatic rings. The number of halogens is 1. The van der Waals surface area contributed by atoms with E-state index in [4.69, 9.17) is 14.2 Å². The summed E-state index contributed by atoms with van der Waals surface area (Å²) in [5, 5.41) is 0. The average molecular weight is 442 g/mol. The molecular weight excluding hydrogens is 419 g/mol. The van der Waals surface area contributed by atoms with E-state index in [9.17, 15) is 18.8 Å². The highest BCUT2D eigenvalue weighted by molar-refractivity contribution is 5.88. The molecule has 0 aliphatic carbocycles. The van der Waals surface area contributed by atoms with Crippen LogP contribution in [0.3, 0.4) is 0 Å². The van der Waals surface area contributed by atoms with E-state index in [-0.39, 0.29) is 18.7 Å². The van der Waals surface area contributed by atoms with Gasteiger partial charge in [0.2, 0.25) is 0 Å². The smallest absolute Gasteiger partial charge is 0.345 e. The van der Waals surface area contributed by atoms with Gasteiger partial charge in [-0.05, 0) is 43.2 Å². The third kappa shape index (κ3) is 4.27. The van der Waals surface area contributed by atoms with Crippen LogP contribution in [0, 0.1) is 12.7 Å². The van der Waals surface area contributed by atoms with Gasteiger partial charge in [0.1, 0.15) is 11.4 Å². The minimum atomic E-state index is -0.864. The fourth-order valence-corrected chi connectivity index (χ4v) is 3.24. The third-order valence-corrected chi connectivity index (χ3v) is 5.02. The molecule has 3 rings (SSSR count). The minimum absolute atomic E-state index is 0.0523. The molecule has 0 aliphatic rings. The molecule has 0 aliphatic heterocycles. The van der Waals surface area contributed by atoms with Gasteiger partial charge in [-0.2, -0.15) is 0 Å². The van der Waals surface area contributed by atoms with E-state index >= 15 is 0 Å². The fraction of sp³-hybridized carbons (Fsp3) is 0.261. The van der Waals surface area contributed by atoms with Crippen LogP contribution in [0.25, 0.3) is 5.69 Å². The maximum absolute atomic E-state index is 14.0. The summed E-state index contributed by atoms with van der Waals surface area (Å²) in [7, 11) is 2.92. The van der Waals surface area contributed by atoms with Crippen LogP contribution in [-0.4, -0.2) is 35.9 Å². The largest absolute Gasteiger partial charge is 0.493 e. The highest BCUT2D eigenvalue weighted by Gasteiger charge is 2.21. The first-order valence-corrected chi connectivity index (χ1v) is 9.82. The topological polar surface area (TPSA) is 88.8 Å². The van der Waals surface area contributed by atoms with E-state index in [0.29, 0.717) is 28.3 Å².